The van der Waals surface area contributed by atoms with Gasteiger partial charge in [-0.15, -0.1) is 0 Å². The number of hydrogen-bond donors (Lipinski definition) is 1. The lowest BCUT2D eigenvalue weighted by atomic mass is 9.98. The highest BCUT2D eigenvalue weighted by molar-refractivity contribution is 6.05. The van der Waals surface area contributed by atoms with Crippen LogP contribution in [0.25, 0.3) is 0 Å². The Kier molecular flexibility index (Phi) is 3.47. The zero-order valence-electron chi connectivity index (χ0n) is 11.1. The van der Waals surface area contributed by atoms with Gasteiger partial charge in [0.2, 0.25) is 0 Å². The second-order valence-electron chi connectivity index (χ2n) is 5.01. The van der Waals surface area contributed by atoms with Crippen LogP contribution in [0.15, 0.2) is 40.8 Å². The average Bonchev–Trinajstić information content (AvgIpc) is 2.95. The van der Waals surface area contributed by atoms with Gasteiger partial charge in [-0.3, -0.25) is 4.79 Å². The molecule has 6 heteroatoms. The van der Waals surface area contributed by atoms with Crippen LogP contribution in [0, 0.1) is 0 Å². The second kappa shape index (κ2) is 5.29. The first kappa shape index (κ1) is 13.8. The first-order chi connectivity index (χ1) is 10.1. The molecule has 21 heavy (non-hydrogen) atoms. The van der Waals surface area contributed by atoms with E-state index in [-0.39, 0.29) is 11.8 Å². The third-order valence-corrected chi connectivity index (χ3v) is 3.48. The Hall–Kier alpha value is -2.21. The number of halogens is 2. The molecule has 4 nitrogen and oxygen atoms in total. The van der Waals surface area contributed by atoms with Crippen molar-refractivity contribution >= 4 is 11.6 Å². The maximum atomic E-state index is 12.5. The van der Waals surface area contributed by atoms with Crippen molar-refractivity contribution in [2.24, 2.45) is 5.73 Å². The zero-order valence-corrected chi connectivity index (χ0v) is 11.1. The Balaban J connectivity index is 1.94. The van der Waals surface area contributed by atoms with Gasteiger partial charge >= 0.3 is 0 Å². The number of alkyl halides is 2. The number of amides is 1. The van der Waals surface area contributed by atoms with E-state index >= 15 is 0 Å². The molecule has 1 amide bonds. The lowest BCUT2D eigenvalue weighted by Crippen LogP contribution is -2.46. The molecule has 2 aromatic rings. The summed E-state index contributed by atoms with van der Waals surface area (Å²) >= 11 is 0. The maximum Gasteiger partial charge on any atom is 0.295 e. The van der Waals surface area contributed by atoms with Crippen molar-refractivity contribution in [2.75, 3.05) is 11.4 Å². The molecule has 3 rings (SSSR count). The van der Waals surface area contributed by atoms with Crippen molar-refractivity contribution in [3.05, 3.63) is 53.5 Å². The molecule has 1 aromatic carbocycles. The van der Waals surface area contributed by atoms with Crippen molar-refractivity contribution in [3.63, 3.8) is 0 Å². The van der Waals surface area contributed by atoms with E-state index in [9.17, 15) is 13.6 Å². The van der Waals surface area contributed by atoms with Gasteiger partial charge in [0, 0.05) is 18.3 Å². The first-order valence-corrected chi connectivity index (χ1v) is 6.59. The van der Waals surface area contributed by atoms with E-state index in [1.54, 1.807) is 0 Å². The molecule has 2 N–H and O–H groups in total. The van der Waals surface area contributed by atoms with Gasteiger partial charge in [0.15, 0.2) is 11.5 Å². The van der Waals surface area contributed by atoms with Crippen LogP contribution >= 0.6 is 0 Å². The highest BCUT2D eigenvalue weighted by atomic mass is 19.3. The number of rotatable bonds is 2. The number of hydrogen-bond acceptors (Lipinski definition) is 3. The van der Waals surface area contributed by atoms with Gasteiger partial charge in [0.25, 0.3) is 12.3 Å². The molecule has 0 radical (unpaired) electrons. The third-order valence-electron chi connectivity index (χ3n) is 3.48. The fourth-order valence-electron chi connectivity index (χ4n) is 2.54. The minimum absolute atomic E-state index is 0.103. The predicted molar refractivity (Wildman–Crippen MR) is 73.5 cm³/mol. The maximum absolute atomic E-state index is 12.5. The Morgan fingerprint density at radius 1 is 1.29 bits per heavy atom. The van der Waals surface area contributed by atoms with E-state index < -0.39 is 18.1 Å². The van der Waals surface area contributed by atoms with Crippen LogP contribution in [-0.4, -0.2) is 18.5 Å². The number of nitrogens with zero attached hydrogens (tertiary/aromatic N) is 1. The van der Waals surface area contributed by atoms with Crippen LogP contribution in [0.1, 0.15) is 28.3 Å². The molecule has 0 aliphatic carbocycles. The van der Waals surface area contributed by atoms with E-state index in [0.717, 1.165) is 17.3 Å². The summed E-state index contributed by atoms with van der Waals surface area (Å²) < 4.78 is 30.0. The summed E-state index contributed by atoms with van der Waals surface area (Å²) in [6.45, 7) is 0.334. The van der Waals surface area contributed by atoms with Gasteiger partial charge in [0.1, 0.15) is 0 Å². The number of para-hydroxylation sites is 1. The van der Waals surface area contributed by atoms with E-state index in [0.29, 0.717) is 13.0 Å². The number of carbonyl (C=O) groups is 1. The van der Waals surface area contributed by atoms with Gasteiger partial charge in [-0.1, -0.05) is 18.2 Å². The summed E-state index contributed by atoms with van der Waals surface area (Å²) in [4.78, 5) is 14.0. The molecule has 0 spiro atoms. The van der Waals surface area contributed by atoms with Crippen molar-refractivity contribution in [1.29, 1.82) is 0 Å². The van der Waals surface area contributed by atoms with Crippen molar-refractivity contribution in [3.8, 4) is 0 Å². The summed E-state index contributed by atoms with van der Waals surface area (Å²) in [7, 11) is 0. The van der Waals surface area contributed by atoms with Crippen LogP contribution in [0.3, 0.4) is 0 Å². The lowest BCUT2D eigenvalue weighted by molar-refractivity contribution is 0.0927. The third kappa shape index (κ3) is 2.54. The molecule has 1 unspecified atom stereocenters. The Morgan fingerprint density at radius 3 is 2.76 bits per heavy atom. The molecule has 0 bridgehead atoms. The van der Waals surface area contributed by atoms with Crippen molar-refractivity contribution in [1.82, 2.24) is 0 Å². The molecular formula is C15H14F2N2O2. The molecule has 1 aromatic heterocycles. The van der Waals surface area contributed by atoms with E-state index in [2.05, 4.69) is 0 Å². The van der Waals surface area contributed by atoms with Gasteiger partial charge < -0.3 is 15.1 Å². The highest BCUT2D eigenvalue weighted by Gasteiger charge is 2.29. The van der Waals surface area contributed by atoms with Crippen LogP contribution in [0.4, 0.5) is 14.5 Å². The number of fused-ring (bicyclic) bond motifs is 1. The number of anilines is 1. The fraction of sp³-hybridized carbons (Fsp3) is 0.267. The minimum Gasteiger partial charge on any atom is -0.450 e. The molecule has 2 heterocycles. The van der Waals surface area contributed by atoms with E-state index in [4.69, 9.17) is 10.2 Å². The summed E-state index contributed by atoms with van der Waals surface area (Å²) in [6.07, 6.45) is -2.05. The summed E-state index contributed by atoms with van der Waals surface area (Å²) in [5.74, 6) is -1.06. The number of nitrogens with two attached hydrogens (primary N) is 1. The average molecular weight is 292 g/mol. The molecule has 1 aliphatic heterocycles. The lowest BCUT2D eigenvalue weighted by Gasteiger charge is -2.32. The molecular weight excluding hydrogens is 278 g/mol. The Labute approximate surface area is 120 Å². The number of benzene rings is 1. The minimum atomic E-state index is -2.73. The van der Waals surface area contributed by atoms with Gasteiger partial charge in [-0.25, -0.2) is 8.78 Å². The standard InChI is InChI=1S/C15H14F2N2O2/c16-14(17)12-5-6-13(21-12)15(20)19-8-10(18)7-9-3-1-2-4-11(9)19/h1-6,10,14H,7-8,18H2. The Bertz CT molecular complexity index is 669. The SMILES string of the molecule is NC1Cc2ccccc2N(C(=O)c2ccc(C(F)F)o2)C1. The molecule has 1 atom stereocenters. The number of carbonyl (C=O) groups excluding carboxylic acids is 1. The quantitative estimate of drug-likeness (QED) is 0.926. The summed E-state index contributed by atoms with van der Waals surface area (Å²) in [6, 6.07) is 9.62. The molecule has 0 saturated heterocycles. The van der Waals surface area contributed by atoms with Crippen LogP contribution in [0.2, 0.25) is 0 Å². The number of furan rings is 1. The molecule has 1 aliphatic rings. The topological polar surface area (TPSA) is 59.5 Å². The van der Waals surface area contributed by atoms with Crippen LogP contribution in [0.5, 0.6) is 0 Å². The van der Waals surface area contributed by atoms with Gasteiger partial charge in [0.05, 0.1) is 0 Å². The molecule has 0 fully saturated rings. The highest BCUT2D eigenvalue weighted by Crippen LogP contribution is 2.29. The van der Waals surface area contributed by atoms with Crippen LogP contribution < -0.4 is 10.6 Å². The summed E-state index contributed by atoms with van der Waals surface area (Å²) in [5, 5.41) is 0. The molecule has 110 valence electrons. The van der Waals surface area contributed by atoms with Crippen molar-refractivity contribution in [2.45, 2.75) is 18.9 Å². The normalized spacial score (nSPS) is 17.9. The van der Waals surface area contributed by atoms with E-state index in [1.807, 2.05) is 24.3 Å². The molecule has 0 saturated carbocycles. The predicted octanol–water partition coefficient (Wildman–Crippen LogP) is 2.75. The van der Waals surface area contributed by atoms with Gasteiger partial charge in [-0.2, -0.15) is 0 Å². The smallest absolute Gasteiger partial charge is 0.295 e. The van der Waals surface area contributed by atoms with Gasteiger partial charge in [-0.05, 0) is 30.2 Å². The van der Waals surface area contributed by atoms with Crippen molar-refractivity contribution < 1.29 is 18.0 Å². The fourth-order valence-corrected chi connectivity index (χ4v) is 2.54. The summed E-state index contributed by atoms with van der Waals surface area (Å²) in [5.41, 5.74) is 7.68. The zero-order chi connectivity index (χ0) is 15.0. The first-order valence-electron chi connectivity index (χ1n) is 6.59. The monoisotopic (exact) mass is 292 g/mol. The van der Waals surface area contributed by atoms with Crippen LogP contribution in [-0.2, 0) is 6.42 Å². The van der Waals surface area contributed by atoms with E-state index in [1.165, 1.54) is 11.0 Å². The second-order valence-corrected chi connectivity index (χ2v) is 5.01. The largest absolute Gasteiger partial charge is 0.450 e. The Morgan fingerprint density at radius 2 is 2.05 bits per heavy atom.